The smallest absolute Gasteiger partial charge is 0.124 e. The molecule has 1 aliphatic rings. The van der Waals surface area contributed by atoms with Crippen LogP contribution in [-0.2, 0) is 0 Å². The van der Waals surface area contributed by atoms with Gasteiger partial charge in [0.1, 0.15) is 17.7 Å². The van der Waals surface area contributed by atoms with Crippen molar-refractivity contribution in [2.24, 2.45) is 5.73 Å². The Kier molecular flexibility index (Phi) is 5.20. The van der Waals surface area contributed by atoms with Gasteiger partial charge in [-0.3, -0.25) is 0 Å². The fourth-order valence-corrected chi connectivity index (χ4v) is 2.71. The van der Waals surface area contributed by atoms with E-state index in [1.807, 2.05) is 0 Å². The Hall–Kier alpha value is -1.09. The van der Waals surface area contributed by atoms with E-state index in [2.05, 4.69) is 6.92 Å². The van der Waals surface area contributed by atoms with Gasteiger partial charge in [0, 0.05) is 18.0 Å². The van der Waals surface area contributed by atoms with Crippen molar-refractivity contribution in [1.82, 2.24) is 0 Å². The molecule has 1 aromatic rings. The Morgan fingerprint density at radius 1 is 1.26 bits per heavy atom. The molecule has 1 aromatic carbocycles. The van der Waals surface area contributed by atoms with Crippen LogP contribution in [0.2, 0.25) is 0 Å². The van der Waals surface area contributed by atoms with Crippen molar-refractivity contribution in [2.45, 2.75) is 64.0 Å². The molecule has 0 amide bonds. The summed E-state index contributed by atoms with van der Waals surface area (Å²) in [5.74, 6) is 0.523. The minimum atomic E-state index is -0.240. The van der Waals surface area contributed by atoms with E-state index in [1.165, 1.54) is 44.2 Å². The lowest BCUT2D eigenvalue weighted by Crippen LogP contribution is -2.29. The van der Waals surface area contributed by atoms with E-state index >= 15 is 0 Å². The lowest BCUT2D eigenvalue weighted by molar-refractivity contribution is 0.146. The van der Waals surface area contributed by atoms with E-state index in [1.54, 1.807) is 6.07 Å². The van der Waals surface area contributed by atoms with Crippen molar-refractivity contribution in [3.8, 4) is 5.75 Å². The molecule has 0 radical (unpaired) electrons. The van der Waals surface area contributed by atoms with Crippen molar-refractivity contribution in [3.63, 3.8) is 0 Å². The first-order valence-electron chi connectivity index (χ1n) is 7.42. The van der Waals surface area contributed by atoms with Crippen LogP contribution in [0, 0.1) is 5.82 Å². The summed E-state index contributed by atoms with van der Waals surface area (Å²) in [7, 11) is 0. The zero-order chi connectivity index (χ0) is 13.7. The molecule has 1 unspecified atom stereocenters. The maximum atomic E-state index is 13.2. The average Bonchev–Trinajstić information content (AvgIpc) is 2.39. The number of hydrogen-bond acceptors (Lipinski definition) is 2. The molecule has 106 valence electrons. The second-order valence-electron chi connectivity index (χ2n) is 5.47. The third-order valence-corrected chi connectivity index (χ3v) is 3.81. The minimum Gasteiger partial charge on any atom is -0.490 e. The molecular formula is C16H24FNO. The van der Waals surface area contributed by atoms with Crippen LogP contribution < -0.4 is 10.5 Å². The Labute approximate surface area is 115 Å². The van der Waals surface area contributed by atoms with E-state index in [0.29, 0.717) is 0 Å². The molecule has 2 N–H and O–H groups in total. The van der Waals surface area contributed by atoms with Crippen LogP contribution in [0.4, 0.5) is 4.39 Å². The first-order chi connectivity index (χ1) is 9.20. The maximum absolute atomic E-state index is 13.2. The normalized spacial score (nSPS) is 21.8. The van der Waals surface area contributed by atoms with Gasteiger partial charge in [-0.05, 0) is 31.0 Å². The summed E-state index contributed by atoms with van der Waals surface area (Å²) in [5.41, 5.74) is 6.92. The molecule has 2 rings (SSSR count). The number of rotatable bonds is 6. The molecule has 0 bridgehead atoms. The predicted molar refractivity (Wildman–Crippen MR) is 75.7 cm³/mol. The zero-order valence-corrected chi connectivity index (χ0v) is 11.7. The third-order valence-electron chi connectivity index (χ3n) is 3.81. The van der Waals surface area contributed by atoms with E-state index in [9.17, 15) is 4.39 Å². The number of halogens is 1. The van der Waals surface area contributed by atoms with Crippen molar-refractivity contribution in [3.05, 3.63) is 29.6 Å². The molecule has 0 spiro atoms. The van der Waals surface area contributed by atoms with Crippen molar-refractivity contribution in [1.29, 1.82) is 0 Å². The van der Waals surface area contributed by atoms with Gasteiger partial charge in [-0.25, -0.2) is 4.39 Å². The molecule has 1 heterocycles. The van der Waals surface area contributed by atoms with Crippen molar-refractivity contribution < 1.29 is 9.13 Å². The molecule has 1 aliphatic heterocycles. The Bertz CT molecular complexity index is 408. The van der Waals surface area contributed by atoms with Gasteiger partial charge in [-0.2, -0.15) is 0 Å². The van der Waals surface area contributed by atoms with Crippen LogP contribution >= 0.6 is 0 Å². The Morgan fingerprint density at radius 2 is 2.05 bits per heavy atom. The summed E-state index contributed by atoms with van der Waals surface area (Å²) in [6.07, 6.45) is 8.37. The van der Waals surface area contributed by atoms with E-state index in [0.717, 1.165) is 24.2 Å². The van der Waals surface area contributed by atoms with Crippen LogP contribution in [-0.4, -0.2) is 6.10 Å². The molecule has 0 aliphatic carbocycles. The molecule has 19 heavy (non-hydrogen) atoms. The highest BCUT2D eigenvalue weighted by Crippen LogP contribution is 2.35. The predicted octanol–water partition coefficient (Wildman–Crippen LogP) is 4.34. The van der Waals surface area contributed by atoms with Crippen LogP contribution in [0.15, 0.2) is 18.2 Å². The quantitative estimate of drug-likeness (QED) is 0.777. The van der Waals surface area contributed by atoms with Gasteiger partial charge < -0.3 is 10.5 Å². The average molecular weight is 265 g/mol. The second kappa shape index (κ2) is 6.90. The first-order valence-corrected chi connectivity index (χ1v) is 7.42. The molecular weight excluding hydrogens is 241 g/mol. The van der Waals surface area contributed by atoms with Gasteiger partial charge in [-0.1, -0.05) is 32.6 Å². The number of hydrogen-bond donors (Lipinski definition) is 1. The van der Waals surface area contributed by atoms with Gasteiger partial charge >= 0.3 is 0 Å². The summed E-state index contributed by atoms with van der Waals surface area (Å²) in [6, 6.07) is 4.54. The summed E-state index contributed by atoms with van der Waals surface area (Å²) in [6.45, 7) is 2.22. The van der Waals surface area contributed by atoms with Crippen molar-refractivity contribution in [2.75, 3.05) is 0 Å². The second-order valence-corrected chi connectivity index (χ2v) is 5.47. The van der Waals surface area contributed by atoms with Gasteiger partial charge in [0.25, 0.3) is 0 Å². The molecule has 0 saturated heterocycles. The summed E-state index contributed by atoms with van der Waals surface area (Å²) in [5, 5.41) is 0. The highest BCUT2D eigenvalue weighted by atomic mass is 19.1. The van der Waals surface area contributed by atoms with Crippen LogP contribution in [0.25, 0.3) is 0 Å². The monoisotopic (exact) mass is 265 g/mol. The van der Waals surface area contributed by atoms with E-state index < -0.39 is 0 Å². The standard InChI is InChI=1S/C16H24FNO/c1-2-3-4-5-6-7-13-11-15(18)14-10-12(17)8-9-16(14)19-13/h8-10,13,15H,2-7,11,18H2,1H3/t13?,15-/m1/s1. The number of benzene rings is 1. The molecule has 3 heteroatoms. The lowest BCUT2D eigenvalue weighted by Gasteiger charge is -2.30. The van der Waals surface area contributed by atoms with Crippen LogP contribution in [0.3, 0.4) is 0 Å². The van der Waals surface area contributed by atoms with E-state index in [4.69, 9.17) is 10.5 Å². The summed E-state index contributed by atoms with van der Waals surface area (Å²) < 4.78 is 19.1. The fourth-order valence-electron chi connectivity index (χ4n) is 2.71. The van der Waals surface area contributed by atoms with E-state index in [-0.39, 0.29) is 18.0 Å². The number of unbranched alkanes of at least 4 members (excludes halogenated alkanes) is 4. The Morgan fingerprint density at radius 3 is 2.84 bits per heavy atom. The molecule has 0 fully saturated rings. The van der Waals surface area contributed by atoms with Crippen molar-refractivity contribution >= 4 is 0 Å². The summed E-state index contributed by atoms with van der Waals surface area (Å²) in [4.78, 5) is 0. The molecule has 2 nitrogen and oxygen atoms in total. The minimum absolute atomic E-state index is 0.0971. The van der Waals surface area contributed by atoms with Gasteiger partial charge in [0.05, 0.1) is 0 Å². The number of ether oxygens (including phenoxy) is 1. The molecule has 0 aromatic heterocycles. The topological polar surface area (TPSA) is 35.2 Å². The first kappa shape index (κ1) is 14.3. The maximum Gasteiger partial charge on any atom is 0.124 e. The van der Waals surface area contributed by atoms with Gasteiger partial charge in [0.2, 0.25) is 0 Å². The number of nitrogens with two attached hydrogens (primary N) is 1. The van der Waals surface area contributed by atoms with Crippen LogP contribution in [0.5, 0.6) is 5.75 Å². The largest absolute Gasteiger partial charge is 0.490 e. The number of fused-ring (bicyclic) bond motifs is 1. The fraction of sp³-hybridized carbons (Fsp3) is 0.625. The molecule has 2 atom stereocenters. The van der Waals surface area contributed by atoms with Crippen LogP contribution in [0.1, 0.15) is 63.5 Å². The summed E-state index contributed by atoms with van der Waals surface area (Å²) >= 11 is 0. The van der Waals surface area contributed by atoms with Gasteiger partial charge in [0.15, 0.2) is 0 Å². The zero-order valence-electron chi connectivity index (χ0n) is 11.7. The molecule has 0 saturated carbocycles. The third kappa shape index (κ3) is 3.93. The lowest BCUT2D eigenvalue weighted by atomic mass is 9.94. The van der Waals surface area contributed by atoms with Gasteiger partial charge in [-0.15, -0.1) is 0 Å². The SMILES string of the molecule is CCCCCCCC1C[C@@H](N)c2cc(F)ccc2O1. The highest BCUT2D eigenvalue weighted by molar-refractivity contribution is 5.38. The highest BCUT2D eigenvalue weighted by Gasteiger charge is 2.25. The Balaban J connectivity index is 1.85.